The smallest absolute Gasteiger partial charge is 0.416 e. The van der Waals surface area contributed by atoms with Gasteiger partial charge in [-0.05, 0) is 76.4 Å². The number of amides is 1. The van der Waals surface area contributed by atoms with Gasteiger partial charge in [0.05, 0.1) is 11.3 Å². The van der Waals surface area contributed by atoms with Gasteiger partial charge in [-0.1, -0.05) is 18.2 Å². The number of halogens is 3. The lowest BCUT2D eigenvalue weighted by molar-refractivity contribution is -0.137. The molecule has 48 heavy (non-hydrogen) atoms. The molecule has 1 unspecified atom stereocenters. The molecule has 0 radical (unpaired) electrons. The van der Waals surface area contributed by atoms with E-state index in [9.17, 15) is 18.0 Å². The number of carbonyl (C=O) groups is 1. The minimum absolute atomic E-state index is 0.0493. The van der Waals surface area contributed by atoms with Crippen LogP contribution in [0.2, 0.25) is 0 Å². The largest absolute Gasteiger partial charge is 0.467 e. The second kappa shape index (κ2) is 14.5. The zero-order valence-corrected chi connectivity index (χ0v) is 28.3. The number of ether oxygens (including phenoxy) is 5. The number of benzene rings is 2. The second-order valence-electron chi connectivity index (χ2n) is 12.7. The third-order valence-electron chi connectivity index (χ3n) is 7.94. The molecular formula is C34H39F3N4O6S. The first kappa shape index (κ1) is 35.1. The van der Waals surface area contributed by atoms with Crippen LogP contribution >= 0.6 is 12.2 Å². The third kappa shape index (κ3) is 8.45. The molecule has 2 atom stereocenters. The maximum absolute atomic E-state index is 13.7. The van der Waals surface area contributed by atoms with Gasteiger partial charge in [-0.3, -0.25) is 0 Å². The topological polar surface area (TPSA) is 95.5 Å². The molecule has 5 rings (SSSR count). The van der Waals surface area contributed by atoms with Crippen molar-refractivity contribution in [3.05, 3.63) is 65.2 Å². The molecule has 14 heteroatoms. The van der Waals surface area contributed by atoms with Crippen molar-refractivity contribution < 1.29 is 41.7 Å². The first-order valence-electron chi connectivity index (χ1n) is 15.6. The summed E-state index contributed by atoms with van der Waals surface area (Å²) in [6.45, 7) is 8.29. The molecule has 1 saturated heterocycles. The molecule has 1 fully saturated rings. The van der Waals surface area contributed by atoms with Gasteiger partial charge in [0.2, 0.25) is 0 Å². The zero-order valence-electron chi connectivity index (χ0n) is 27.5. The Morgan fingerprint density at radius 2 is 1.79 bits per heavy atom. The Kier molecular flexibility index (Phi) is 10.6. The number of piperidine rings is 1. The maximum atomic E-state index is 13.7. The molecule has 258 valence electrons. The van der Waals surface area contributed by atoms with Gasteiger partial charge in [0.1, 0.15) is 23.2 Å². The normalized spacial score (nSPS) is 18.2. The second-order valence-corrected chi connectivity index (χ2v) is 13.0. The van der Waals surface area contributed by atoms with Gasteiger partial charge in [0.15, 0.2) is 12.6 Å². The summed E-state index contributed by atoms with van der Waals surface area (Å²) in [6, 6.07) is 12.6. The van der Waals surface area contributed by atoms with E-state index in [0.29, 0.717) is 54.3 Å². The van der Waals surface area contributed by atoms with Crippen LogP contribution in [0.1, 0.15) is 62.8 Å². The van der Waals surface area contributed by atoms with E-state index >= 15 is 0 Å². The van der Waals surface area contributed by atoms with Crippen molar-refractivity contribution in [1.29, 1.82) is 0 Å². The van der Waals surface area contributed by atoms with Crippen molar-refractivity contribution >= 4 is 29.4 Å². The molecule has 2 aliphatic rings. The molecule has 0 spiro atoms. The highest BCUT2D eigenvalue weighted by molar-refractivity contribution is 7.79. The van der Waals surface area contributed by atoms with Gasteiger partial charge in [0.25, 0.3) is 0 Å². The number of alkyl halides is 3. The van der Waals surface area contributed by atoms with Crippen molar-refractivity contribution in [2.75, 3.05) is 38.4 Å². The Labute approximate surface area is 283 Å². The van der Waals surface area contributed by atoms with Crippen LogP contribution < -0.4 is 14.4 Å². The van der Waals surface area contributed by atoms with Crippen molar-refractivity contribution in [2.24, 2.45) is 0 Å². The van der Waals surface area contributed by atoms with Crippen LogP contribution in [0.3, 0.4) is 0 Å². The summed E-state index contributed by atoms with van der Waals surface area (Å²) in [7, 11) is 1.38. The lowest BCUT2D eigenvalue weighted by Gasteiger charge is -2.43. The minimum atomic E-state index is -4.59. The van der Waals surface area contributed by atoms with E-state index in [0.717, 1.165) is 25.0 Å². The SMILES string of the molecule is COCOc1cc(C(F)(F)F)cc(C)c1-c1cc2c(nn1)N([C@@H]1CCCN(C(=O)OC(C)(C)C)C1)CCC2OC(=S)Oc1ccccc1. The van der Waals surface area contributed by atoms with Gasteiger partial charge in [-0.25, -0.2) is 4.79 Å². The van der Waals surface area contributed by atoms with Gasteiger partial charge < -0.3 is 33.5 Å². The summed E-state index contributed by atoms with van der Waals surface area (Å²) in [6.07, 6.45) is -3.52. The molecule has 2 aromatic carbocycles. The van der Waals surface area contributed by atoms with E-state index in [4.69, 9.17) is 35.9 Å². The number of hydrogen-bond acceptors (Lipinski definition) is 10. The number of hydrogen-bond donors (Lipinski definition) is 0. The van der Waals surface area contributed by atoms with Crippen LogP contribution in [0.4, 0.5) is 23.8 Å². The number of aromatic nitrogens is 2. The monoisotopic (exact) mass is 688 g/mol. The first-order chi connectivity index (χ1) is 22.7. The fourth-order valence-corrected chi connectivity index (χ4v) is 6.10. The highest BCUT2D eigenvalue weighted by atomic mass is 32.1. The number of nitrogens with zero attached hydrogens (tertiary/aromatic N) is 4. The highest BCUT2D eigenvalue weighted by Gasteiger charge is 2.38. The molecule has 1 amide bonds. The predicted octanol–water partition coefficient (Wildman–Crippen LogP) is 7.48. The Balaban J connectivity index is 1.52. The van der Waals surface area contributed by atoms with Gasteiger partial charge in [-0.15, -0.1) is 10.2 Å². The van der Waals surface area contributed by atoms with Crippen LogP contribution in [-0.4, -0.2) is 71.6 Å². The molecular weight excluding hydrogens is 649 g/mol. The van der Waals surface area contributed by atoms with Crippen molar-refractivity contribution in [2.45, 2.75) is 70.9 Å². The summed E-state index contributed by atoms with van der Waals surface area (Å²) in [5.41, 5.74) is 0.0496. The van der Waals surface area contributed by atoms with Crippen molar-refractivity contribution in [1.82, 2.24) is 15.1 Å². The number of rotatable bonds is 7. The Hall–Kier alpha value is -4.17. The van der Waals surface area contributed by atoms with Crippen LogP contribution in [0.5, 0.6) is 11.5 Å². The van der Waals surface area contributed by atoms with Crippen LogP contribution in [0.15, 0.2) is 48.5 Å². The molecule has 2 aliphatic heterocycles. The molecule has 0 saturated carbocycles. The summed E-state index contributed by atoms with van der Waals surface area (Å²) in [5, 5.41) is 9.03. The zero-order chi connectivity index (χ0) is 34.6. The van der Waals surface area contributed by atoms with E-state index < -0.39 is 23.4 Å². The molecule has 0 bridgehead atoms. The fraction of sp³-hybridized carbons (Fsp3) is 0.471. The minimum Gasteiger partial charge on any atom is -0.467 e. The van der Waals surface area contributed by atoms with Crippen LogP contribution in [-0.2, 0) is 20.4 Å². The van der Waals surface area contributed by atoms with Crippen molar-refractivity contribution in [3.8, 4) is 22.8 Å². The molecule has 0 aliphatic carbocycles. The number of likely N-dealkylation sites (tertiary alicyclic amines) is 1. The Bertz CT molecular complexity index is 1620. The van der Waals surface area contributed by atoms with E-state index in [-0.39, 0.29) is 35.6 Å². The third-order valence-corrected chi connectivity index (χ3v) is 8.12. The van der Waals surface area contributed by atoms with Gasteiger partial charge >= 0.3 is 17.5 Å². The summed E-state index contributed by atoms with van der Waals surface area (Å²) < 4.78 is 69.4. The number of thiocarbonyl (C=S) groups is 1. The number of aryl methyl sites for hydroxylation is 1. The Morgan fingerprint density at radius 3 is 2.48 bits per heavy atom. The number of para-hydroxylation sites is 1. The molecule has 0 N–H and O–H groups in total. The molecule has 1 aromatic heterocycles. The fourth-order valence-electron chi connectivity index (χ4n) is 5.89. The van der Waals surface area contributed by atoms with Crippen LogP contribution in [0, 0.1) is 6.92 Å². The van der Waals surface area contributed by atoms with Crippen molar-refractivity contribution in [3.63, 3.8) is 0 Å². The van der Waals surface area contributed by atoms with E-state index in [2.05, 4.69) is 15.1 Å². The molecule has 3 aromatic rings. The standard InChI is InChI=1S/C34H39F3N4O6S/c1-21-16-22(34(35,36)37)17-28(44-20-43-5)29(21)26-18-25-27(46-32(48)45-24-11-7-6-8-12-24)13-15-41(30(25)39-38-26)23-10-9-14-40(19-23)31(42)47-33(2,3)4/h6-8,11-12,16-18,23,27H,9-10,13-15,19-20H2,1-5H3/t23-,27?/m1/s1. The predicted molar refractivity (Wildman–Crippen MR) is 176 cm³/mol. The summed E-state index contributed by atoms with van der Waals surface area (Å²) in [4.78, 5) is 16.8. The average molecular weight is 689 g/mol. The lowest BCUT2D eigenvalue weighted by Crippen LogP contribution is -2.52. The Morgan fingerprint density at radius 1 is 1.04 bits per heavy atom. The first-order valence-corrected chi connectivity index (χ1v) is 16.0. The number of carbonyl (C=O) groups excluding carboxylic acids is 1. The number of fused-ring (bicyclic) bond motifs is 1. The highest BCUT2D eigenvalue weighted by Crippen LogP contribution is 2.43. The van der Waals surface area contributed by atoms with Crippen LogP contribution in [0.25, 0.3) is 11.3 Å². The molecule has 3 heterocycles. The quantitative estimate of drug-likeness (QED) is 0.184. The summed E-state index contributed by atoms with van der Waals surface area (Å²) >= 11 is 5.46. The van der Waals surface area contributed by atoms with Gasteiger partial charge in [0, 0.05) is 62.6 Å². The van der Waals surface area contributed by atoms with E-state index in [1.54, 1.807) is 30.0 Å². The number of anilines is 1. The average Bonchev–Trinajstić information content (AvgIpc) is 3.03. The van der Waals surface area contributed by atoms with E-state index in [1.165, 1.54) is 7.11 Å². The number of methoxy groups -OCH3 is 1. The van der Waals surface area contributed by atoms with Gasteiger partial charge in [-0.2, -0.15) is 13.2 Å². The maximum Gasteiger partial charge on any atom is 0.416 e. The van der Waals surface area contributed by atoms with E-state index in [1.807, 2.05) is 39.0 Å². The summed E-state index contributed by atoms with van der Waals surface area (Å²) in [5.74, 6) is 0.989. The lowest BCUT2D eigenvalue weighted by atomic mass is 9.95. The molecule has 10 nitrogen and oxygen atoms in total.